The van der Waals surface area contributed by atoms with Crippen molar-refractivity contribution in [3.05, 3.63) is 41.2 Å². The summed E-state index contributed by atoms with van der Waals surface area (Å²) in [5.41, 5.74) is 1.09. The lowest BCUT2D eigenvalue weighted by Crippen LogP contribution is -2.09. The number of aliphatic hydroxyl groups is 1. The van der Waals surface area contributed by atoms with E-state index >= 15 is 0 Å². The Morgan fingerprint density at radius 2 is 2.05 bits per heavy atom. The van der Waals surface area contributed by atoms with Gasteiger partial charge < -0.3 is 9.52 Å². The van der Waals surface area contributed by atoms with Gasteiger partial charge in [0.2, 0.25) is 5.89 Å². The van der Waals surface area contributed by atoms with Crippen molar-refractivity contribution in [3.63, 3.8) is 0 Å². The highest BCUT2D eigenvalue weighted by molar-refractivity contribution is 7.90. The van der Waals surface area contributed by atoms with E-state index in [4.69, 9.17) is 21.1 Å². The standard InChI is InChI=1S/C15H18ClNO4S/c16-13-6-4-5-12(9-13)15-17-14(10-21-15)11-22(19,20)8-3-1-2-7-18/h4-6,9-10,18H,1-3,7-8,11H2. The van der Waals surface area contributed by atoms with Crippen LogP contribution in [0, 0.1) is 0 Å². The molecule has 7 heteroatoms. The fourth-order valence-electron chi connectivity index (χ4n) is 2.04. The topological polar surface area (TPSA) is 80.4 Å². The summed E-state index contributed by atoms with van der Waals surface area (Å²) < 4.78 is 29.3. The fourth-order valence-corrected chi connectivity index (χ4v) is 3.60. The predicted octanol–water partition coefficient (Wildman–Crippen LogP) is 3.07. The van der Waals surface area contributed by atoms with Gasteiger partial charge >= 0.3 is 0 Å². The van der Waals surface area contributed by atoms with E-state index in [0.29, 0.717) is 41.4 Å². The van der Waals surface area contributed by atoms with Crippen LogP contribution in [-0.2, 0) is 15.6 Å². The molecule has 0 amide bonds. The first-order valence-corrected chi connectivity index (χ1v) is 9.22. The molecule has 0 aliphatic heterocycles. The van der Waals surface area contributed by atoms with Gasteiger partial charge in [-0.05, 0) is 31.0 Å². The van der Waals surface area contributed by atoms with E-state index in [1.165, 1.54) is 6.26 Å². The minimum absolute atomic E-state index is 0.0896. The molecule has 1 aromatic heterocycles. The Kier molecular flexibility index (Phi) is 5.99. The molecule has 1 aromatic carbocycles. The van der Waals surface area contributed by atoms with Crippen LogP contribution in [-0.4, -0.2) is 30.9 Å². The molecule has 22 heavy (non-hydrogen) atoms. The Labute approximate surface area is 134 Å². The second-order valence-electron chi connectivity index (χ2n) is 5.03. The maximum absolute atomic E-state index is 12.0. The molecule has 0 spiro atoms. The Morgan fingerprint density at radius 3 is 2.77 bits per heavy atom. The van der Waals surface area contributed by atoms with Gasteiger partial charge in [-0.1, -0.05) is 24.1 Å². The molecule has 5 nitrogen and oxygen atoms in total. The molecule has 0 saturated carbocycles. The minimum atomic E-state index is -3.22. The molecule has 0 atom stereocenters. The van der Waals surface area contributed by atoms with Crippen molar-refractivity contribution in [2.24, 2.45) is 0 Å². The second kappa shape index (κ2) is 7.76. The smallest absolute Gasteiger partial charge is 0.226 e. The van der Waals surface area contributed by atoms with Crippen molar-refractivity contribution < 1.29 is 17.9 Å². The molecule has 2 rings (SSSR count). The molecule has 120 valence electrons. The first-order valence-electron chi connectivity index (χ1n) is 7.02. The molecule has 1 heterocycles. The number of unbranched alkanes of at least 4 members (excludes halogenated alkanes) is 2. The summed E-state index contributed by atoms with van der Waals surface area (Å²) >= 11 is 5.91. The number of oxazole rings is 1. The zero-order valence-corrected chi connectivity index (χ0v) is 13.6. The van der Waals surface area contributed by atoms with Crippen molar-refractivity contribution in [3.8, 4) is 11.5 Å². The summed E-state index contributed by atoms with van der Waals surface area (Å²) in [6.07, 6.45) is 3.23. The van der Waals surface area contributed by atoms with Crippen molar-refractivity contribution in [2.45, 2.75) is 25.0 Å². The van der Waals surface area contributed by atoms with Gasteiger partial charge in [0.15, 0.2) is 9.84 Å². The highest BCUT2D eigenvalue weighted by atomic mass is 35.5. The van der Waals surface area contributed by atoms with E-state index < -0.39 is 9.84 Å². The SMILES string of the molecule is O=S(=O)(CCCCCO)Cc1coc(-c2cccc(Cl)c2)n1. The lowest BCUT2D eigenvalue weighted by atomic mass is 10.2. The van der Waals surface area contributed by atoms with Crippen LogP contribution < -0.4 is 0 Å². The largest absolute Gasteiger partial charge is 0.444 e. The lowest BCUT2D eigenvalue weighted by Gasteiger charge is -2.01. The van der Waals surface area contributed by atoms with Gasteiger partial charge in [-0.2, -0.15) is 0 Å². The Hall–Kier alpha value is -1.37. The quantitative estimate of drug-likeness (QED) is 0.745. The highest BCUT2D eigenvalue weighted by Gasteiger charge is 2.15. The Bertz CT molecular complexity index is 712. The molecule has 0 aliphatic carbocycles. The van der Waals surface area contributed by atoms with E-state index in [1.54, 1.807) is 24.3 Å². The van der Waals surface area contributed by atoms with Crippen molar-refractivity contribution in [1.29, 1.82) is 0 Å². The van der Waals surface area contributed by atoms with Crippen LogP contribution in [0.15, 0.2) is 34.9 Å². The van der Waals surface area contributed by atoms with Gasteiger partial charge in [0.1, 0.15) is 6.26 Å². The third-order valence-electron chi connectivity index (χ3n) is 3.10. The number of aliphatic hydroxyl groups excluding tert-OH is 1. The predicted molar refractivity (Wildman–Crippen MR) is 85.4 cm³/mol. The first-order chi connectivity index (χ1) is 10.5. The second-order valence-corrected chi connectivity index (χ2v) is 7.65. The number of aromatic nitrogens is 1. The summed E-state index contributed by atoms with van der Waals surface area (Å²) in [6.45, 7) is 0.0896. The Morgan fingerprint density at radius 1 is 1.23 bits per heavy atom. The van der Waals surface area contributed by atoms with E-state index in [0.717, 1.165) is 0 Å². The lowest BCUT2D eigenvalue weighted by molar-refractivity contribution is 0.284. The van der Waals surface area contributed by atoms with Crippen LogP contribution in [0.5, 0.6) is 0 Å². The summed E-state index contributed by atoms with van der Waals surface area (Å²) in [5, 5.41) is 9.24. The summed E-state index contributed by atoms with van der Waals surface area (Å²) in [7, 11) is -3.22. The van der Waals surface area contributed by atoms with Crippen LogP contribution in [0.3, 0.4) is 0 Å². The number of hydrogen-bond donors (Lipinski definition) is 1. The fraction of sp³-hybridized carbons (Fsp3) is 0.400. The number of benzene rings is 1. The molecule has 0 fully saturated rings. The number of hydrogen-bond acceptors (Lipinski definition) is 5. The average Bonchev–Trinajstić information content (AvgIpc) is 2.91. The molecular formula is C15H18ClNO4S. The van der Waals surface area contributed by atoms with Crippen LogP contribution in [0.2, 0.25) is 5.02 Å². The van der Waals surface area contributed by atoms with Crippen LogP contribution >= 0.6 is 11.6 Å². The van der Waals surface area contributed by atoms with Gasteiger partial charge in [0.05, 0.1) is 17.2 Å². The van der Waals surface area contributed by atoms with Gasteiger partial charge in [0, 0.05) is 17.2 Å². The maximum Gasteiger partial charge on any atom is 0.226 e. The molecule has 0 aliphatic rings. The normalized spacial score (nSPS) is 11.7. The van der Waals surface area contributed by atoms with Crippen LogP contribution in [0.1, 0.15) is 25.0 Å². The first kappa shape index (κ1) is 17.0. The monoisotopic (exact) mass is 343 g/mol. The van der Waals surface area contributed by atoms with Crippen LogP contribution in [0.4, 0.5) is 0 Å². The summed E-state index contributed by atoms with van der Waals surface area (Å²) in [5.74, 6) is 0.302. The Balaban J connectivity index is 1.99. The zero-order chi connectivity index (χ0) is 16.0. The summed E-state index contributed by atoms with van der Waals surface area (Å²) in [4.78, 5) is 4.21. The van der Waals surface area contributed by atoms with Crippen molar-refractivity contribution in [1.82, 2.24) is 4.98 Å². The number of sulfone groups is 1. The molecule has 2 aromatic rings. The van der Waals surface area contributed by atoms with E-state index in [2.05, 4.69) is 4.98 Å². The minimum Gasteiger partial charge on any atom is -0.444 e. The number of halogens is 1. The highest BCUT2D eigenvalue weighted by Crippen LogP contribution is 2.22. The van der Waals surface area contributed by atoms with E-state index in [-0.39, 0.29) is 18.1 Å². The van der Waals surface area contributed by atoms with Gasteiger partial charge in [-0.3, -0.25) is 0 Å². The molecule has 1 N–H and O–H groups in total. The number of nitrogens with zero attached hydrogens (tertiary/aromatic N) is 1. The molecule has 0 radical (unpaired) electrons. The van der Waals surface area contributed by atoms with Crippen molar-refractivity contribution in [2.75, 3.05) is 12.4 Å². The molecule has 0 bridgehead atoms. The van der Waals surface area contributed by atoms with Gasteiger partial charge in [-0.25, -0.2) is 13.4 Å². The summed E-state index contributed by atoms with van der Waals surface area (Å²) in [6, 6.07) is 7.02. The molecular weight excluding hydrogens is 326 g/mol. The van der Waals surface area contributed by atoms with Crippen LogP contribution in [0.25, 0.3) is 11.5 Å². The van der Waals surface area contributed by atoms with Crippen molar-refractivity contribution >= 4 is 21.4 Å². The number of rotatable bonds is 8. The van der Waals surface area contributed by atoms with E-state index in [9.17, 15) is 8.42 Å². The third kappa shape index (κ3) is 5.12. The average molecular weight is 344 g/mol. The molecule has 0 unspecified atom stereocenters. The zero-order valence-electron chi connectivity index (χ0n) is 12.0. The third-order valence-corrected chi connectivity index (χ3v) is 4.99. The molecule has 0 saturated heterocycles. The van der Waals surface area contributed by atoms with Gasteiger partial charge in [-0.15, -0.1) is 0 Å². The maximum atomic E-state index is 12.0. The van der Waals surface area contributed by atoms with E-state index in [1.807, 2.05) is 0 Å². The van der Waals surface area contributed by atoms with Gasteiger partial charge in [0.25, 0.3) is 0 Å².